The normalized spacial score (nSPS) is 14.5. The first-order valence-corrected chi connectivity index (χ1v) is 11.6. The van der Waals surface area contributed by atoms with Crippen LogP contribution in [-0.4, -0.2) is 39.7 Å². The van der Waals surface area contributed by atoms with Crippen molar-refractivity contribution in [2.24, 2.45) is 0 Å². The highest BCUT2D eigenvalue weighted by molar-refractivity contribution is 7.80. The van der Waals surface area contributed by atoms with Gasteiger partial charge in [-0.3, -0.25) is 4.98 Å². The molecule has 5 nitrogen and oxygen atoms in total. The van der Waals surface area contributed by atoms with Gasteiger partial charge in [-0.25, -0.2) is 0 Å². The van der Waals surface area contributed by atoms with E-state index in [2.05, 4.69) is 51.4 Å². The quantitative estimate of drug-likeness (QED) is 0.503. The van der Waals surface area contributed by atoms with Crippen LogP contribution < -0.4 is 10.1 Å². The van der Waals surface area contributed by atoms with Gasteiger partial charge in [0.2, 0.25) is 0 Å². The summed E-state index contributed by atoms with van der Waals surface area (Å²) in [6, 6.07) is 10.9. The molecule has 1 aliphatic carbocycles. The van der Waals surface area contributed by atoms with E-state index in [1.54, 1.807) is 7.11 Å². The average molecular weight is 437 g/mol. The lowest BCUT2D eigenvalue weighted by Gasteiger charge is -2.31. The second kappa shape index (κ2) is 10.1. The molecule has 6 heteroatoms. The van der Waals surface area contributed by atoms with E-state index in [1.807, 2.05) is 18.5 Å². The Bertz CT molecular complexity index is 1010. The van der Waals surface area contributed by atoms with Crippen molar-refractivity contribution in [2.45, 2.75) is 58.0 Å². The molecule has 0 atom stereocenters. The Morgan fingerprint density at radius 1 is 1.19 bits per heavy atom. The van der Waals surface area contributed by atoms with Gasteiger partial charge < -0.3 is 19.9 Å². The van der Waals surface area contributed by atoms with Gasteiger partial charge in [-0.1, -0.05) is 19.3 Å². The number of hydrogen-bond donors (Lipinski definition) is 2. The van der Waals surface area contributed by atoms with Crippen LogP contribution in [0, 0.1) is 6.92 Å². The summed E-state index contributed by atoms with van der Waals surface area (Å²) in [6.45, 7) is 3.78. The van der Waals surface area contributed by atoms with E-state index >= 15 is 0 Å². The lowest BCUT2D eigenvalue weighted by Crippen LogP contribution is -2.45. The van der Waals surface area contributed by atoms with Crippen molar-refractivity contribution in [1.29, 1.82) is 0 Å². The van der Waals surface area contributed by atoms with Gasteiger partial charge in [-0.2, -0.15) is 0 Å². The van der Waals surface area contributed by atoms with Gasteiger partial charge in [0, 0.05) is 48.1 Å². The standard InChI is InChI=1S/C25H32N4OS/c1-18-22(23-16-21(30-2)8-9-24(23)27-18)12-15-29(17-19-10-13-26-14-11-19)25(31)28-20-6-4-3-5-7-20/h8-11,13-14,16,20,27H,3-7,12,15,17H2,1-2H3,(H,28,31). The van der Waals surface area contributed by atoms with Crippen molar-refractivity contribution < 1.29 is 4.74 Å². The number of aromatic nitrogens is 2. The summed E-state index contributed by atoms with van der Waals surface area (Å²) in [5.74, 6) is 0.885. The molecule has 31 heavy (non-hydrogen) atoms. The maximum atomic E-state index is 5.89. The molecular formula is C25H32N4OS. The molecule has 0 bridgehead atoms. The molecule has 0 amide bonds. The first-order valence-electron chi connectivity index (χ1n) is 11.2. The van der Waals surface area contributed by atoms with Gasteiger partial charge in [0.15, 0.2) is 5.11 Å². The number of hydrogen-bond acceptors (Lipinski definition) is 3. The van der Waals surface area contributed by atoms with Gasteiger partial charge in [-0.05, 0) is 79.9 Å². The molecular weight excluding hydrogens is 404 g/mol. The van der Waals surface area contributed by atoms with Crippen LogP contribution in [-0.2, 0) is 13.0 Å². The summed E-state index contributed by atoms with van der Waals surface area (Å²) in [7, 11) is 1.71. The van der Waals surface area contributed by atoms with Crippen LogP contribution in [0.2, 0.25) is 0 Å². The maximum absolute atomic E-state index is 5.89. The number of benzene rings is 1. The molecule has 2 heterocycles. The molecule has 1 aromatic carbocycles. The van der Waals surface area contributed by atoms with E-state index in [0.29, 0.717) is 6.04 Å². The van der Waals surface area contributed by atoms with E-state index < -0.39 is 0 Å². The van der Waals surface area contributed by atoms with Gasteiger partial charge >= 0.3 is 0 Å². The third-order valence-corrected chi connectivity index (χ3v) is 6.68. The number of pyridine rings is 1. The second-order valence-corrected chi connectivity index (χ2v) is 8.84. The van der Waals surface area contributed by atoms with Crippen LogP contribution in [0.1, 0.15) is 48.9 Å². The number of H-pyrrole nitrogens is 1. The largest absolute Gasteiger partial charge is 0.497 e. The smallest absolute Gasteiger partial charge is 0.169 e. The van der Waals surface area contributed by atoms with Crippen molar-refractivity contribution in [3.8, 4) is 5.75 Å². The summed E-state index contributed by atoms with van der Waals surface area (Å²) >= 11 is 5.89. The molecule has 1 saturated carbocycles. The number of aromatic amines is 1. The number of rotatable bonds is 7. The number of aryl methyl sites for hydroxylation is 1. The molecule has 0 spiro atoms. The summed E-state index contributed by atoms with van der Waals surface area (Å²) < 4.78 is 5.45. The van der Waals surface area contributed by atoms with Crippen LogP contribution in [0.15, 0.2) is 42.7 Å². The van der Waals surface area contributed by atoms with Crippen molar-refractivity contribution in [3.63, 3.8) is 0 Å². The Labute approximate surface area is 190 Å². The summed E-state index contributed by atoms with van der Waals surface area (Å²) in [6.07, 6.45) is 11.0. The Hall–Kier alpha value is -2.60. The highest BCUT2D eigenvalue weighted by atomic mass is 32.1. The predicted octanol–water partition coefficient (Wildman–Crippen LogP) is 5.13. The number of nitrogens with zero attached hydrogens (tertiary/aromatic N) is 2. The molecule has 0 saturated heterocycles. The van der Waals surface area contributed by atoms with Crippen molar-refractivity contribution in [1.82, 2.24) is 20.2 Å². The number of ether oxygens (including phenoxy) is 1. The fourth-order valence-corrected chi connectivity index (χ4v) is 4.85. The van der Waals surface area contributed by atoms with E-state index in [9.17, 15) is 0 Å². The highest BCUT2D eigenvalue weighted by Gasteiger charge is 2.19. The molecule has 164 valence electrons. The molecule has 4 rings (SSSR count). The summed E-state index contributed by atoms with van der Waals surface area (Å²) in [5.41, 5.74) is 4.91. The number of fused-ring (bicyclic) bond motifs is 1. The average Bonchev–Trinajstić information content (AvgIpc) is 3.12. The molecule has 2 N–H and O–H groups in total. The van der Waals surface area contributed by atoms with Gasteiger partial charge in [0.1, 0.15) is 5.75 Å². The van der Waals surface area contributed by atoms with Crippen molar-refractivity contribution in [3.05, 3.63) is 59.5 Å². The van der Waals surface area contributed by atoms with Crippen LogP contribution in [0.4, 0.5) is 0 Å². The Balaban J connectivity index is 1.52. The Kier molecular flexibility index (Phi) is 7.07. The first-order chi connectivity index (χ1) is 15.1. The fraction of sp³-hybridized carbons (Fsp3) is 0.440. The highest BCUT2D eigenvalue weighted by Crippen LogP contribution is 2.27. The van der Waals surface area contributed by atoms with Crippen molar-refractivity contribution >= 4 is 28.2 Å². The molecule has 3 aromatic rings. The number of nitrogens with one attached hydrogen (secondary N) is 2. The van der Waals surface area contributed by atoms with Crippen LogP contribution in [0.25, 0.3) is 10.9 Å². The fourth-order valence-electron chi connectivity index (χ4n) is 4.53. The van der Waals surface area contributed by atoms with Gasteiger partial charge in [0.25, 0.3) is 0 Å². The predicted molar refractivity (Wildman–Crippen MR) is 131 cm³/mol. The van der Waals surface area contributed by atoms with E-state index in [4.69, 9.17) is 17.0 Å². The lowest BCUT2D eigenvalue weighted by molar-refractivity contribution is 0.369. The van der Waals surface area contributed by atoms with E-state index in [0.717, 1.165) is 35.9 Å². The zero-order valence-electron chi connectivity index (χ0n) is 18.5. The van der Waals surface area contributed by atoms with Crippen LogP contribution in [0.3, 0.4) is 0 Å². The molecule has 1 aliphatic rings. The minimum Gasteiger partial charge on any atom is -0.497 e. The third kappa shape index (κ3) is 5.37. The molecule has 0 radical (unpaired) electrons. The second-order valence-electron chi connectivity index (χ2n) is 8.45. The molecule has 0 aliphatic heterocycles. The Morgan fingerprint density at radius 2 is 1.97 bits per heavy atom. The minimum absolute atomic E-state index is 0.500. The van der Waals surface area contributed by atoms with Gasteiger partial charge in [-0.15, -0.1) is 0 Å². The van der Waals surface area contributed by atoms with Crippen LogP contribution in [0.5, 0.6) is 5.75 Å². The first kappa shape index (κ1) is 21.6. The topological polar surface area (TPSA) is 53.2 Å². The SMILES string of the molecule is COc1ccc2[nH]c(C)c(CCN(Cc3ccncc3)C(=S)NC3CCCCC3)c2c1. The zero-order chi connectivity index (χ0) is 21.6. The number of methoxy groups -OCH3 is 1. The number of thiocarbonyl (C=S) groups is 1. The summed E-state index contributed by atoms with van der Waals surface area (Å²) in [5, 5.41) is 5.74. The summed E-state index contributed by atoms with van der Waals surface area (Å²) in [4.78, 5) is 9.98. The zero-order valence-corrected chi connectivity index (χ0v) is 19.3. The molecule has 0 unspecified atom stereocenters. The van der Waals surface area contributed by atoms with E-state index in [-0.39, 0.29) is 0 Å². The molecule has 2 aromatic heterocycles. The minimum atomic E-state index is 0.500. The van der Waals surface area contributed by atoms with E-state index in [1.165, 1.54) is 54.3 Å². The van der Waals surface area contributed by atoms with Crippen LogP contribution >= 0.6 is 12.2 Å². The monoisotopic (exact) mass is 436 g/mol. The maximum Gasteiger partial charge on any atom is 0.169 e. The molecule has 1 fully saturated rings. The van der Waals surface area contributed by atoms with Gasteiger partial charge in [0.05, 0.1) is 7.11 Å². The lowest BCUT2D eigenvalue weighted by atomic mass is 9.96. The van der Waals surface area contributed by atoms with Crippen molar-refractivity contribution in [2.75, 3.05) is 13.7 Å². The Morgan fingerprint density at radius 3 is 2.71 bits per heavy atom. The third-order valence-electron chi connectivity index (χ3n) is 6.30.